The third kappa shape index (κ3) is 7.70. The number of carboxylic acid groups (broad SMARTS) is 1. The second-order valence-electron chi connectivity index (χ2n) is 13.0. The van der Waals surface area contributed by atoms with Crippen molar-refractivity contribution >= 4 is 28.6 Å². The fourth-order valence-electron chi connectivity index (χ4n) is 6.13. The number of carboxylic acids is 1. The molecule has 3 heterocycles. The Balaban J connectivity index is 1.56. The van der Waals surface area contributed by atoms with Gasteiger partial charge >= 0.3 is 12.1 Å². The molecule has 5 rings (SSSR count). The monoisotopic (exact) mass is 675 g/mol. The Morgan fingerprint density at radius 1 is 0.938 bits per heavy atom. The number of pyridine rings is 2. The number of H-pyrrole nitrogens is 1. The Hall–Kier alpha value is -4.31. The molecule has 0 saturated carbocycles. The lowest BCUT2D eigenvalue weighted by Crippen LogP contribution is -2.38. The second-order valence-corrected chi connectivity index (χ2v) is 14.8. The van der Waals surface area contributed by atoms with E-state index in [4.69, 9.17) is 4.74 Å². The number of aliphatic carboxylic acids is 1. The zero-order chi connectivity index (χ0) is 34.7. The Bertz CT molecular complexity index is 1840. The van der Waals surface area contributed by atoms with Crippen LogP contribution in [0.25, 0.3) is 22.0 Å². The van der Waals surface area contributed by atoms with E-state index in [1.807, 2.05) is 74.5 Å². The first-order chi connectivity index (χ1) is 22.7. The average molecular weight is 676 g/mol. The summed E-state index contributed by atoms with van der Waals surface area (Å²) in [5.41, 5.74) is 2.77. The van der Waals surface area contributed by atoms with Crippen molar-refractivity contribution < 1.29 is 27.8 Å². The van der Waals surface area contributed by atoms with Crippen molar-refractivity contribution in [3.63, 3.8) is 0 Å². The number of hydrogen-bond acceptors (Lipinski definition) is 5. The fourth-order valence-corrected chi connectivity index (χ4v) is 7.32. The third-order valence-corrected chi connectivity index (χ3v) is 10.0. The van der Waals surface area contributed by atoms with E-state index in [1.54, 1.807) is 18.0 Å². The summed E-state index contributed by atoms with van der Waals surface area (Å²) in [5, 5.41) is 11.8. The van der Waals surface area contributed by atoms with E-state index in [1.165, 1.54) is 12.3 Å². The molecule has 1 atom stereocenters. The van der Waals surface area contributed by atoms with Gasteiger partial charge in [0.15, 0.2) is 0 Å². The van der Waals surface area contributed by atoms with Gasteiger partial charge in [-0.3, -0.25) is 14.8 Å². The largest absolute Gasteiger partial charge is 0.487 e. The second kappa shape index (κ2) is 14.0. The SMILES string of the molecule is CCC(CC)(C(=O)O)C(Cc1ccc(-c2ccc(C(F)(F)F)nc2)cc1)c1[nH]c2ccc(OCc3ccccn3)cc2c1SC(C)(C)C. The average Bonchev–Trinajstić information content (AvgIpc) is 3.40. The summed E-state index contributed by atoms with van der Waals surface area (Å²) in [7, 11) is 0. The highest BCUT2D eigenvalue weighted by atomic mass is 32.2. The Morgan fingerprint density at radius 3 is 2.21 bits per heavy atom. The topological polar surface area (TPSA) is 88.1 Å². The van der Waals surface area contributed by atoms with Crippen molar-refractivity contribution in [1.82, 2.24) is 15.0 Å². The molecule has 0 fully saturated rings. The van der Waals surface area contributed by atoms with Gasteiger partial charge in [-0.25, -0.2) is 0 Å². The molecule has 0 radical (unpaired) electrons. The van der Waals surface area contributed by atoms with Crippen LogP contribution in [0.4, 0.5) is 13.2 Å². The number of nitrogens with one attached hydrogen (secondary N) is 1. The maximum absolute atomic E-state index is 13.2. The van der Waals surface area contributed by atoms with Gasteiger partial charge in [-0.2, -0.15) is 13.2 Å². The minimum Gasteiger partial charge on any atom is -0.487 e. The molecule has 0 aliphatic rings. The van der Waals surface area contributed by atoms with Crippen LogP contribution < -0.4 is 4.74 Å². The van der Waals surface area contributed by atoms with Crippen LogP contribution in [0.1, 0.15) is 76.0 Å². The zero-order valence-corrected chi connectivity index (χ0v) is 28.5. The number of aromatic amines is 1. The molecular weight excluding hydrogens is 635 g/mol. The quantitative estimate of drug-likeness (QED) is 0.128. The molecule has 0 amide bonds. The summed E-state index contributed by atoms with van der Waals surface area (Å²) < 4.78 is 45.1. The van der Waals surface area contributed by atoms with Crippen LogP contribution in [0.3, 0.4) is 0 Å². The molecule has 3 aromatic heterocycles. The van der Waals surface area contributed by atoms with Gasteiger partial charge in [0.1, 0.15) is 18.1 Å². The number of ether oxygens (including phenoxy) is 1. The number of nitrogens with zero attached hydrogens (tertiary/aromatic N) is 2. The number of alkyl halides is 3. The van der Waals surface area contributed by atoms with Crippen LogP contribution >= 0.6 is 11.8 Å². The summed E-state index contributed by atoms with van der Waals surface area (Å²) in [4.78, 5) is 25.8. The predicted octanol–water partition coefficient (Wildman–Crippen LogP) is 10.3. The van der Waals surface area contributed by atoms with Gasteiger partial charge in [0, 0.05) is 50.1 Å². The molecule has 6 nitrogen and oxygen atoms in total. The highest BCUT2D eigenvalue weighted by molar-refractivity contribution is 8.00. The number of carbonyl (C=O) groups is 1. The maximum Gasteiger partial charge on any atom is 0.433 e. The van der Waals surface area contributed by atoms with Crippen molar-refractivity contribution in [2.75, 3.05) is 0 Å². The molecule has 2 N–H and O–H groups in total. The summed E-state index contributed by atoms with van der Waals surface area (Å²) in [6, 6.07) is 21.5. The number of benzene rings is 2. The predicted molar refractivity (Wildman–Crippen MR) is 184 cm³/mol. The van der Waals surface area contributed by atoms with Crippen LogP contribution in [0.2, 0.25) is 0 Å². The van der Waals surface area contributed by atoms with E-state index in [9.17, 15) is 23.1 Å². The molecule has 48 heavy (non-hydrogen) atoms. The number of halogens is 3. The smallest absolute Gasteiger partial charge is 0.433 e. The van der Waals surface area contributed by atoms with E-state index in [0.29, 0.717) is 37.2 Å². The molecule has 1 unspecified atom stereocenters. The van der Waals surface area contributed by atoms with Crippen LogP contribution in [-0.2, 0) is 24.0 Å². The van der Waals surface area contributed by atoms with Crippen molar-refractivity contribution in [2.24, 2.45) is 5.41 Å². The summed E-state index contributed by atoms with van der Waals surface area (Å²) in [6.45, 7) is 10.6. The molecular formula is C38H40F3N3O3S. The van der Waals surface area contributed by atoms with Crippen LogP contribution in [0.15, 0.2) is 90.1 Å². The van der Waals surface area contributed by atoms with E-state index >= 15 is 0 Å². The first-order valence-electron chi connectivity index (χ1n) is 16.0. The van der Waals surface area contributed by atoms with Crippen LogP contribution in [0.5, 0.6) is 5.75 Å². The van der Waals surface area contributed by atoms with Crippen molar-refractivity contribution in [2.45, 2.75) is 82.2 Å². The molecule has 2 aromatic carbocycles. The number of hydrogen-bond donors (Lipinski definition) is 2. The third-order valence-electron chi connectivity index (χ3n) is 8.75. The van der Waals surface area contributed by atoms with Gasteiger partial charge < -0.3 is 14.8 Å². The summed E-state index contributed by atoms with van der Waals surface area (Å²) in [5.74, 6) is -0.580. The van der Waals surface area contributed by atoms with Crippen LogP contribution in [-0.4, -0.2) is 30.8 Å². The lowest BCUT2D eigenvalue weighted by Gasteiger charge is -2.36. The Kier molecular flexibility index (Phi) is 10.2. The van der Waals surface area contributed by atoms with E-state index < -0.39 is 29.2 Å². The number of rotatable bonds is 12. The molecule has 5 aromatic rings. The minimum atomic E-state index is -4.51. The van der Waals surface area contributed by atoms with Gasteiger partial charge in [0.05, 0.1) is 11.1 Å². The highest BCUT2D eigenvalue weighted by Gasteiger charge is 2.45. The highest BCUT2D eigenvalue weighted by Crippen LogP contribution is 2.50. The number of fused-ring (bicyclic) bond motifs is 1. The first kappa shape index (κ1) is 35.0. The molecule has 252 valence electrons. The lowest BCUT2D eigenvalue weighted by molar-refractivity contribution is -0.151. The maximum atomic E-state index is 13.2. The number of aromatic nitrogens is 3. The van der Waals surface area contributed by atoms with Gasteiger partial charge in [-0.05, 0) is 66.8 Å². The summed E-state index contributed by atoms with van der Waals surface area (Å²) >= 11 is 1.70. The Morgan fingerprint density at radius 2 is 1.65 bits per heavy atom. The standard InChI is InChI=1S/C38H40F3N3O3S/c1-6-37(7-2,35(45)46)30(20-24-11-13-25(14-12-24)26-15-18-32(43-22-26)38(39,40)41)33-34(48-36(3,4)5)29-21-28(16-17-31(29)44-33)47-23-27-10-8-9-19-42-27/h8-19,21-22,30,44H,6-7,20,23H2,1-5H3,(H,45,46). The minimum absolute atomic E-state index is 0.180. The normalized spacial score (nSPS) is 13.1. The van der Waals surface area contributed by atoms with Gasteiger partial charge in [0.2, 0.25) is 0 Å². The lowest BCUT2D eigenvalue weighted by atomic mass is 9.67. The molecule has 0 bridgehead atoms. The zero-order valence-electron chi connectivity index (χ0n) is 27.7. The van der Waals surface area contributed by atoms with Gasteiger partial charge in [-0.15, -0.1) is 11.8 Å². The van der Waals surface area contributed by atoms with Crippen molar-refractivity contribution in [1.29, 1.82) is 0 Å². The first-order valence-corrected chi connectivity index (χ1v) is 16.8. The fraction of sp³-hybridized carbons (Fsp3) is 0.342. The van der Waals surface area contributed by atoms with Crippen LogP contribution in [0, 0.1) is 5.41 Å². The Labute approximate surface area is 283 Å². The molecule has 0 aliphatic carbocycles. The van der Waals surface area contributed by atoms with Crippen molar-refractivity contribution in [3.05, 3.63) is 108 Å². The van der Waals surface area contributed by atoms with Gasteiger partial charge in [-0.1, -0.05) is 71.0 Å². The summed E-state index contributed by atoms with van der Waals surface area (Å²) in [6.07, 6.45) is -0.271. The number of thioether (sulfide) groups is 1. The molecule has 10 heteroatoms. The molecule has 0 spiro atoms. The van der Waals surface area contributed by atoms with E-state index in [0.717, 1.165) is 44.4 Å². The van der Waals surface area contributed by atoms with E-state index in [2.05, 4.69) is 35.7 Å². The molecule has 0 aliphatic heterocycles. The van der Waals surface area contributed by atoms with Crippen molar-refractivity contribution in [3.8, 4) is 16.9 Å². The molecule has 0 saturated heterocycles. The van der Waals surface area contributed by atoms with Gasteiger partial charge in [0.25, 0.3) is 0 Å². The van der Waals surface area contributed by atoms with E-state index in [-0.39, 0.29) is 4.75 Å².